The number of likely N-dealkylation sites (tertiary alicyclic amines) is 1. The molecule has 1 aliphatic heterocycles. The van der Waals surface area contributed by atoms with E-state index in [4.69, 9.17) is 9.47 Å². The fourth-order valence-corrected chi connectivity index (χ4v) is 4.78. The SMILES string of the molecule is COCC(NC(=O)OCC1c2ccccc2-c2ccccc21)C(=O)N1CCCC[C@H]1C(=O)O. The Balaban J connectivity index is 1.43. The molecule has 1 aliphatic carbocycles. The molecule has 0 bridgehead atoms. The van der Waals surface area contributed by atoms with Gasteiger partial charge in [0.05, 0.1) is 6.61 Å². The van der Waals surface area contributed by atoms with Crippen LogP contribution in [0.3, 0.4) is 0 Å². The van der Waals surface area contributed by atoms with Gasteiger partial charge in [0.15, 0.2) is 0 Å². The summed E-state index contributed by atoms with van der Waals surface area (Å²) in [6.45, 7) is 0.378. The number of hydrogen-bond acceptors (Lipinski definition) is 5. The Hall–Kier alpha value is -3.39. The summed E-state index contributed by atoms with van der Waals surface area (Å²) >= 11 is 0. The molecule has 1 saturated heterocycles. The second-order valence-electron chi connectivity index (χ2n) is 8.36. The molecule has 33 heavy (non-hydrogen) atoms. The van der Waals surface area contributed by atoms with Crippen LogP contribution in [0.25, 0.3) is 11.1 Å². The van der Waals surface area contributed by atoms with Crippen LogP contribution in [0, 0.1) is 0 Å². The van der Waals surface area contributed by atoms with Crippen LogP contribution in [0.1, 0.15) is 36.3 Å². The third kappa shape index (κ3) is 4.71. The first-order valence-corrected chi connectivity index (χ1v) is 11.1. The smallest absolute Gasteiger partial charge is 0.407 e. The van der Waals surface area contributed by atoms with Crippen molar-refractivity contribution >= 4 is 18.0 Å². The summed E-state index contributed by atoms with van der Waals surface area (Å²) in [5.41, 5.74) is 4.43. The molecule has 2 aliphatic rings. The number of amides is 2. The van der Waals surface area contributed by atoms with Gasteiger partial charge in [0, 0.05) is 19.6 Å². The average Bonchev–Trinajstić information content (AvgIpc) is 3.15. The number of alkyl carbamates (subject to hydrolysis) is 1. The Bertz CT molecular complexity index is 994. The molecular weight excluding hydrogens is 424 g/mol. The molecule has 2 aromatic carbocycles. The summed E-state index contributed by atoms with van der Waals surface area (Å²) in [6.07, 6.45) is 1.12. The lowest BCUT2D eigenvalue weighted by Crippen LogP contribution is -2.56. The highest BCUT2D eigenvalue weighted by atomic mass is 16.5. The number of carboxylic acids is 1. The topological polar surface area (TPSA) is 105 Å². The highest BCUT2D eigenvalue weighted by molar-refractivity contribution is 5.89. The van der Waals surface area contributed by atoms with Gasteiger partial charge in [-0.05, 0) is 41.5 Å². The summed E-state index contributed by atoms with van der Waals surface area (Å²) in [5.74, 6) is -1.61. The maximum absolute atomic E-state index is 13.0. The maximum Gasteiger partial charge on any atom is 0.407 e. The Morgan fingerprint density at radius 2 is 1.70 bits per heavy atom. The molecule has 4 rings (SSSR count). The lowest BCUT2D eigenvalue weighted by Gasteiger charge is -2.35. The van der Waals surface area contributed by atoms with E-state index in [0.717, 1.165) is 35.1 Å². The second-order valence-corrected chi connectivity index (χ2v) is 8.36. The van der Waals surface area contributed by atoms with Crippen molar-refractivity contribution in [2.75, 3.05) is 26.9 Å². The molecule has 0 saturated carbocycles. The lowest BCUT2D eigenvalue weighted by molar-refractivity contribution is -0.153. The minimum Gasteiger partial charge on any atom is -0.480 e. The molecule has 2 N–H and O–H groups in total. The van der Waals surface area contributed by atoms with E-state index in [1.165, 1.54) is 12.0 Å². The largest absolute Gasteiger partial charge is 0.480 e. The fourth-order valence-electron chi connectivity index (χ4n) is 4.78. The quantitative estimate of drug-likeness (QED) is 0.669. The standard InChI is InChI=1S/C25H28N2O6/c1-32-15-21(23(28)27-13-7-6-12-22(27)24(29)30)26-25(31)33-14-20-18-10-4-2-8-16(18)17-9-3-5-11-19(17)20/h2-5,8-11,20-22H,6-7,12-15H2,1H3,(H,26,31)(H,29,30)/t21?,22-/m0/s1. The molecule has 2 atom stereocenters. The van der Waals surface area contributed by atoms with Gasteiger partial charge in [0.1, 0.15) is 18.7 Å². The third-order valence-corrected chi connectivity index (χ3v) is 6.34. The molecule has 8 heteroatoms. The fraction of sp³-hybridized carbons (Fsp3) is 0.400. The van der Waals surface area contributed by atoms with Gasteiger partial charge in [0.2, 0.25) is 5.91 Å². The molecule has 1 fully saturated rings. The van der Waals surface area contributed by atoms with Crippen LogP contribution in [-0.4, -0.2) is 66.9 Å². The number of carboxylic acid groups (broad SMARTS) is 1. The van der Waals surface area contributed by atoms with Crippen molar-refractivity contribution in [2.45, 2.75) is 37.3 Å². The summed E-state index contributed by atoms with van der Waals surface area (Å²) in [6, 6.07) is 14.1. The van der Waals surface area contributed by atoms with Gasteiger partial charge in [-0.2, -0.15) is 0 Å². The molecule has 0 spiro atoms. The van der Waals surface area contributed by atoms with Crippen molar-refractivity contribution in [3.63, 3.8) is 0 Å². The molecule has 1 unspecified atom stereocenters. The van der Waals surface area contributed by atoms with Gasteiger partial charge < -0.3 is 24.8 Å². The van der Waals surface area contributed by atoms with Gasteiger partial charge in [-0.1, -0.05) is 48.5 Å². The van der Waals surface area contributed by atoms with Crippen LogP contribution >= 0.6 is 0 Å². The second kappa shape index (κ2) is 10.0. The molecule has 174 valence electrons. The number of rotatable bonds is 7. The number of hydrogen-bond donors (Lipinski definition) is 2. The minimum atomic E-state index is -1.04. The first-order chi connectivity index (χ1) is 16.0. The van der Waals surface area contributed by atoms with Crippen molar-refractivity contribution in [3.05, 3.63) is 59.7 Å². The highest BCUT2D eigenvalue weighted by Gasteiger charge is 2.36. The van der Waals surface area contributed by atoms with Crippen molar-refractivity contribution in [1.29, 1.82) is 0 Å². The molecule has 8 nitrogen and oxygen atoms in total. The number of carbonyl (C=O) groups excluding carboxylic acids is 2. The normalized spacial score (nSPS) is 18.2. The summed E-state index contributed by atoms with van der Waals surface area (Å²) in [7, 11) is 1.42. The Morgan fingerprint density at radius 1 is 1.06 bits per heavy atom. The average molecular weight is 453 g/mol. The predicted molar refractivity (Wildman–Crippen MR) is 121 cm³/mol. The van der Waals surface area contributed by atoms with Crippen molar-refractivity contribution in [3.8, 4) is 11.1 Å². The van der Waals surface area contributed by atoms with Crippen molar-refractivity contribution in [1.82, 2.24) is 10.2 Å². The predicted octanol–water partition coefficient (Wildman–Crippen LogP) is 3.01. The van der Waals surface area contributed by atoms with Gasteiger partial charge in [-0.15, -0.1) is 0 Å². The van der Waals surface area contributed by atoms with Gasteiger partial charge in [-0.25, -0.2) is 9.59 Å². The van der Waals surface area contributed by atoms with Crippen LogP contribution in [-0.2, 0) is 19.1 Å². The number of ether oxygens (including phenoxy) is 2. The highest BCUT2D eigenvalue weighted by Crippen LogP contribution is 2.44. The number of nitrogens with one attached hydrogen (secondary N) is 1. The van der Waals surface area contributed by atoms with Crippen LogP contribution in [0.15, 0.2) is 48.5 Å². The Morgan fingerprint density at radius 3 is 2.30 bits per heavy atom. The first kappa shape index (κ1) is 22.8. The third-order valence-electron chi connectivity index (χ3n) is 6.34. The molecule has 1 heterocycles. The van der Waals surface area contributed by atoms with E-state index in [0.29, 0.717) is 13.0 Å². The zero-order valence-corrected chi connectivity index (χ0v) is 18.5. The van der Waals surface area contributed by atoms with E-state index in [-0.39, 0.29) is 19.1 Å². The first-order valence-electron chi connectivity index (χ1n) is 11.1. The minimum absolute atomic E-state index is 0.0775. The van der Waals surface area contributed by atoms with Crippen molar-refractivity contribution in [2.24, 2.45) is 0 Å². The number of piperidine rings is 1. The van der Waals surface area contributed by atoms with E-state index in [1.807, 2.05) is 36.4 Å². The number of methoxy groups -OCH3 is 1. The van der Waals surface area contributed by atoms with E-state index in [9.17, 15) is 19.5 Å². The van der Waals surface area contributed by atoms with E-state index in [1.54, 1.807) is 0 Å². The van der Waals surface area contributed by atoms with Gasteiger partial charge >= 0.3 is 12.1 Å². The van der Waals surface area contributed by atoms with E-state index >= 15 is 0 Å². The Kier molecular flexibility index (Phi) is 6.93. The zero-order chi connectivity index (χ0) is 23.4. The molecule has 2 aromatic rings. The number of benzene rings is 2. The van der Waals surface area contributed by atoms with E-state index in [2.05, 4.69) is 17.4 Å². The number of nitrogens with zero attached hydrogens (tertiary/aromatic N) is 1. The molecular formula is C25H28N2O6. The summed E-state index contributed by atoms with van der Waals surface area (Å²) in [5, 5.41) is 12.1. The van der Waals surface area contributed by atoms with Gasteiger partial charge in [0.25, 0.3) is 0 Å². The van der Waals surface area contributed by atoms with Crippen LogP contribution in [0.5, 0.6) is 0 Å². The van der Waals surface area contributed by atoms with Crippen LogP contribution in [0.2, 0.25) is 0 Å². The Labute approximate surface area is 192 Å². The van der Waals surface area contributed by atoms with Gasteiger partial charge in [-0.3, -0.25) is 4.79 Å². The summed E-state index contributed by atoms with van der Waals surface area (Å²) < 4.78 is 10.7. The molecule has 2 amide bonds. The van der Waals surface area contributed by atoms with E-state index < -0.39 is 30.1 Å². The van der Waals surface area contributed by atoms with Crippen molar-refractivity contribution < 1.29 is 29.0 Å². The monoisotopic (exact) mass is 452 g/mol. The number of aliphatic carboxylic acids is 1. The van der Waals surface area contributed by atoms with Crippen LogP contribution in [0.4, 0.5) is 4.79 Å². The molecule has 0 radical (unpaired) electrons. The maximum atomic E-state index is 13.0. The summed E-state index contributed by atoms with van der Waals surface area (Å²) in [4.78, 5) is 38.6. The lowest BCUT2D eigenvalue weighted by atomic mass is 9.98. The number of fused-ring (bicyclic) bond motifs is 3. The zero-order valence-electron chi connectivity index (χ0n) is 18.5. The molecule has 0 aromatic heterocycles. The van der Waals surface area contributed by atoms with Crippen LogP contribution < -0.4 is 5.32 Å². The number of carbonyl (C=O) groups is 3.